The van der Waals surface area contributed by atoms with Crippen LogP contribution in [0.2, 0.25) is 10.0 Å². The maximum absolute atomic E-state index is 5.86. The van der Waals surface area contributed by atoms with Crippen LogP contribution >= 0.6 is 23.2 Å². The lowest BCUT2D eigenvalue weighted by atomic mass is 10.3. The third-order valence-corrected chi connectivity index (χ3v) is 2.38. The monoisotopic (exact) mass is 265 g/mol. The summed E-state index contributed by atoms with van der Waals surface area (Å²) in [6.07, 6.45) is 3.33. The molecule has 86 valence electrons. The van der Waals surface area contributed by atoms with E-state index in [9.17, 15) is 0 Å². The number of anilines is 1. The molecule has 0 bridgehead atoms. The van der Waals surface area contributed by atoms with Crippen LogP contribution in [0.1, 0.15) is 5.69 Å². The van der Waals surface area contributed by atoms with Crippen LogP contribution < -0.4 is 5.43 Å². The van der Waals surface area contributed by atoms with Gasteiger partial charge in [0.15, 0.2) is 0 Å². The molecule has 0 radical (unpaired) electrons. The number of hydrogen-bond donors (Lipinski definition) is 1. The zero-order chi connectivity index (χ0) is 12.1. The third kappa shape index (κ3) is 3.73. The molecule has 0 fully saturated rings. The van der Waals surface area contributed by atoms with Gasteiger partial charge in [0, 0.05) is 16.2 Å². The van der Waals surface area contributed by atoms with Crippen molar-refractivity contribution in [3.63, 3.8) is 0 Å². The van der Waals surface area contributed by atoms with Crippen LogP contribution in [-0.4, -0.2) is 11.2 Å². The van der Waals surface area contributed by atoms with Crippen molar-refractivity contribution in [2.24, 2.45) is 5.10 Å². The van der Waals surface area contributed by atoms with E-state index in [0.717, 1.165) is 11.4 Å². The number of hydrogen-bond acceptors (Lipinski definition) is 3. The quantitative estimate of drug-likeness (QED) is 0.677. The van der Waals surface area contributed by atoms with Crippen LogP contribution in [0, 0.1) is 0 Å². The molecule has 0 aliphatic rings. The van der Waals surface area contributed by atoms with Crippen molar-refractivity contribution in [3.8, 4) is 0 Å². The fourth-order valence-corrected chi connectivity index (χ4v) is 1.77. The van der Waals surface area contributed by atoms with Crippen molar-refractivity contribution < 1.29 is 0 Å². The lowest BCUT2D eigenvalue weighted by Crippen LogP contribution is -1.92. The van der Waals surface area contributed by atoms with Crippen molar-refractivity contribution in [2.45, 2.75) is 0 Å². The second kappa shape index (κ2) is 5.66. The molecule has 0 spiro atoms. The Labute approximate surface area is 109 Å². The molecule has 1 aromatic carbocycles. The minimum atomic E-state index is 0.563. The Balaban J connectivity index is 2.05. The van der Waals surface area contributed by atoms with Gasteiger partial charge >= 0.3 is 0 Å². The molecular weight excluding hydrogens is 257 g/mol. The van der Waals surface area contributed by atoms with E-state index in [2.05, 4.69) is 15.5 Å². The molecule has 0 saturated heterocycles. The largest absolute Gasteiger partial charge is 0.278 e. The summed E-state index contributed by atoms with van der Waals surface area (Å²) in [6, 6.07) is 10.7. The smallest absolute Gasteiger partial charge is 0.0830 e. The molecule has 17 heavy (non-hydrogen) atoms. The molecule has 5 heteroatoms. The Morgan fingerprint density at radius 2 is 1.88 bits per heavy atom. The molecule has 1 aromatic heterocycles. The first-order chi connectivity index (χ1) is 8.24. The van der Waals surface area contributed by atoms with Gasteiger partial charge in [0.1, 0.15) is 0 Å². The van der Waals surface area contributed by atoms with Gasteiger partial charge in [0.05, 0.1) is 17.6 Å². The number of aromatic nitrogens is 1. The molecule has 1 N–H and O–H groups in total. The molecule has 0 aliphatic carbocycles. The maximum atomic E-state index is 5.86. The molecule has 2 aromatic rings. The highest BCUT2D eigenvalue weighted by Gasteiger charge is 1.96. The first kappa shape index (κ1) is 11.9. The van der Waals surface area contributed by atoms with E-state index in [-0.39, 0.29) is 0 Å². The number of nitrogens with one attached hydrogen (secondary N) is 1. The van der Waals surface area contributed by atoms with Crippen LogP contribution in [0.3, 0.4) is 0 Å². The predicted octanol–water partition coefficient (Wildman–Crippen LogP) is 3.83. The van der Waals surface area contributed by atoms with Crippen molar-refractivity contribution in [3.05, 3.63) is 58.3 Å². The lowest BCUT2D eigenvalue weighted by Gasteiger charge is -2.01. The Bertz CT molecular complexity index is 506. The average Bonchev–Trinajstić information content (AvgIpc) is 2.29. The first-order valence-electron chi connectivity index (χ1n) is 4.90. The van der Waals surface area contributed by atoms with E-state index >= 15 is 0 Å². The summed E-state index contributed by atoms with van der Waals surface area (Å²) in [5.74, 6) is 0. The minimum Gasteiger partial charge on any atom is -0.278 e. The lowest BCUT2D eigenvalue weighted by molar-refractivity contribution is 1.28. The zero-order valence-electron chi connectivity index (χ0n) is 8.77. The van der Waals surface area contributed by atoms with Crippen LogP contribution in [0.4, 0.5) is 5.69 Å². The minimum absolute atomic E-state index is 0.563. The number of benzene rings is 1. The van der Waals surface area contributed by atoms with E-state index < -0.39 is 0 Å². The maximum Gasteiger partial charge on any atom is 0.0830 e. The van der Waals surface area contributed by atoms with Crippen LogP contribution in [0.25, 0.3) is 0 Å². The molecule has 0 aliphatic heterocycles. The van der Waals surface area contributed by atoms with Gasteiger partial charge in [-0.2, -0.15) is 5.10 Å². The molecule has 0 amide bonds. The summed E-state index contributed by atoms with van der Waals surface area (Å²) in [5, 5.41) is 5.17. The van der Waals surface area contributed by atoms with Gasteiger partial charge < -0.3 is 0 Å². The van der Waals surface area contributed by atoms with E-state index in [0.29, 0.717) is 10.0 Å². The average molecular weight is 266 g/mol. The van der Waals surface area contributed by atoms with E-state index in [1.165, 1.54) is 0 Å². The van der Waals surface area contributed by atoms with E-state index in [1.54, 1.807) is 30.6 Å². The molecule has 2 rings (SSSR count). The summed E-state index contributed by atoms with van der Waals surface area (Å²) >= 11 is 11.7. The van der Waals surface area contributed by atoms with Crippen LogP contribution in [-0.2, 0) is 0 Å². The number of pyridine rings is 1. The highest BCUT2D eigenvalue weighted by molar-refractivity contribution is 6.35. The number of hydrazone groups is 1. The molecule has 0 unspecified atom stereocenters. The van der Waals surface area contributed by atoms with Gasteiger partial charge in [0.2, 0.25) is 0 Å². The van der Waals surface area contributed by atoms with Crippen LogP contribution in [0.5, 0.6) is 0 Å². The fourth-order valence-electron chi connectivity index (χ4n) is 1.24. The van der Waals surface area contributed by atoms with E-state index in [4.69, 9.17) is 23.2 Å². The molecule has 3 nitrogen and oxygen atoms in total. The van der Waals surface area contributed by atoms with Crippen molar-refractivity contribution in [1.82, 2.24) is 4.98 Å². The normalized spacial score (nSPS) is 10.7. The first-order valence-corrected chi connectivity index (χ1v) is 5.66. The zero-order valence-corrected chi connectivity index (χ0v) is 10.3. The summed E-state index contributed by atoms with van der Waals surface area (Å²) < 4.78 is 0. The Morgan fingerprint density at radius 1 is 1.12 bits per heavy atom. The third-order valence-electron chi connectivity index (χ3n) is 1.94. The highest BCUT2D eigenvalue weighted by Crippen LogP contribution is 2.22. The van der Waals surface area contributed by atoms with Crippen molar-refractivity contribution in [2.75, 3.05) is 5.43 Å². The Kier molecular flexibility index (Phi) is 3.96. The molecule has 0 saturated carbocycles. The second-order valence-corrected chi connectivity index (χ2v) is 4.16. The second-order valence-electron chi connectivity index (χ2n) is 3.28. The Hall–Kier alpha value is -1.58. The predicted molar refractivity (Wildman–Crippen MR) is 71.9 cm³/mol. The van der Waals surface area contributed by atoms with Crippen LogP contribution in [0.15, 0.2) is 47.7 Å². The summed E-state index contributed by atoms with van der Waals surface area (Å²) in [6.45, 7) is 0. The number of rotatable bonds is 3. The van der Waals surface area contributed by atoms with E-state index in [1.807, 2.05) is 18.2 Å². The molecular formula is C12H9Cl2N3. The molecule has 1 heterocycles. The summed E-state index contributed by atoms with van der Waals surface area (Å²) in [4.78, 5) is 4.10. The number of nitrogens with zero attached hydrogens (tertiary/aromatic N) is 2. The summed E-state index contributed by atoms with van der Waals surface area (Å²) in [7, 11) is 0. The van der Waals surface area contributed by atoms with Gasteiger partial charge in [-0.25, -0.2) is 0 Å². The van der Waals surface area contributed by atoms with Gasteiger partial charge in [-0.3, -0.25) is 10.4 Å². The van der Waals surface area contributed by atoms with Gasteiger partial charge in [-0.05, 0) is 30.3 Å². The molecule has 0 atom stereocenters. The number of halogens is 2. The van der Waals surface area contributed by atoms with Crippen molar-refractivity contribution in [1.29, 1.82) is 0 Å². The standard InChI is InChI=1S/C12H9Cl2N3/c13-9-5-10(14)7-12(6-9)17-16-8-11-3-1-2-4-15-11/h1-8,17H/b16-8-. The fraction of sp³-hybridized carbons (Fsp3) is 0. The van der Waals surface area contributed by atoms with Gasteiger partial charge in [-0.15, -0.1) is 0 Å². The Morgan fingerprint density at radius 3 is 2.53 bits per heavy atom. The highest BCUT2D eigenvalue weighted by atomic mass is 35.5. The topological polar surface area (TPSA) is 37.3 Å². The van der Waals surface area contributed by atoms with Crippen molar-refractivity contribution >= 4 is 35.1 Å². The summed E-state index contributed by atoms with van der Waals surface area (Å²) in [5.41, 5.74) is 4.34. The van der Waals surface area contributed by atoms with Gasteiger partial charge in [-0.1, -0.05) is 29.3 Å². The SMILES string of the molecule is Clc1cc(Cl)cc(N/N=C\c2ccccn2)c1. The van der Waals surface area contributed by atoms with Gasteiger partial charge in [0.25, 0.3) is 0 Å².